The molecule has 1 heterocycles. The Balaban J connectivity index is 2.80. The van der Waals surface area contributed by atoms with Crippen molar-refractivity contribution in [1.29, 1.82) is 0 Å². The first-order chi connectivity index (χ1) is 10.9. The summed E-state index contributed by atoms with van der Waals surface area (Å²) in [5, 5.41) is 0. The van der Waals surface area contributed by atoms with Gasteiger partial charge in [0.05, 0.1) is 16.6 Å². The number of hydrogen-bond acceptors (Lipinski definition) is 5. The number of aromatic amines is 2. The summed E-state index contributed by atoms with van der Waals surface area (Å²) >= 11 is 0. The lowest BCUT2D eigenvalue weighted by molar-refractivity contribution is -0.139. The van der Waals surface area contributed by atoms with E-state index in [9.17, 15) is 31.2 Å². The van der Waals surface area contributed by atoms with Crippen LogP contribution in [-0.4, -0.2) is 22.9 Å². The van der Waals surface area contributed by atoms with Gasteiger partial charge in [0.2, 0.25) is 0 Å². The Labute approximate surface area is 132 Å². The molecule has 0 aliphatic rings. The van der Waals surface area contributed by atoms with Gasteiger partial charge in [-0.2, -0.15) is 21.6 Å². The van der Waals surface area contributed by atoms with Gasteiger partial charge in [0.25, 0.3) is 0 Å². The third-order valence-electron chi connectivity index (χ3n) is 3.15. The molecule has 1 aromatic carbocycles. The molecule has 0 spiro atoms. The molecule has 1 atom stereocenters. The highest BCUT2D eigenvalue weighted by Gasteiger charge is 2.37. The topological polar surface area (TPSA) is 129 Å². The van der Waals surface area contributed by atoms with E-state index in [-0.39, 0.29) is 17.5 Å². The number of halogens is 3. The van der Waals surface area contributed by atoms with E-state index in [0.717, 1.165) is 6.07 Å². The second-order valence-corrected chi connectivity index (χ2v) is 5.86. The minimum Gasteiger partial charge on any atom is -0.316 e. The van der Waals surface area contributed by atoms with Crippen LogP contribution < -0.4 is 11.1 Å². The van der Waals surface area contributed by atoms with Crippen molar-refractivity contribution in [3.63, 3.8) is 0 Å². The quantitative estimate of drug-likeness (QED) is 0.554. The summed E-state index contributed by atoms with van der Waals surface area (Å²) in [6.45, 7) is 1.34. The molecule has 0 amide bonds. The summed E-state index contributed by atoms with van der Waals surface area (Å²) in [6, 6.07) is 1.40. The van der Waals surface area contributed by atoms with E-state index in [1.54, 1.807) is 0 Å². The summed E-state index contributed by atoms with van der Waals surface area (Å²) < 4.78 is 74.5. The molecule has 3 N–H and O–H groups in total. The van der Waals surface area contributed by atoms with Crippen LogP contribution >= 0.6 is 0 Å². The van der Waals surface area contributed by atoms with Crippen LogP contribution in [0.25, 0.3) is 11.0 Å². The van der Waals surface area contributed by atoms with Gasteiger partial charge < -0.3 is 9.97 Å². The summed E-state index contributed by atoms with van der Waals surface area (Å²) in [5.74, 6) is 0. The third kappa shape index (κ3) is 3.83. The molecule has 2 rings (SSSR count). The lowest BCUT2D eigenvalue weighted by Crippen LogP contribution is -2.29. The van der Waals surface area contributed by atoms with Gasteiger partial charge >= 0.3 is 27.7 Å². The van der Waals surface area contributed by atoms with E-state index in [1.165, 1.54) is 6.92 Å². The molecule has 0 aliphatic carbocycles. The summed E-state index contributed by atoms with van der Waals surface area (Å²) in [5.41, 5.74) is -4.55. The van der Waals surface area contributed by atoms with Crippen LogP contribution in [-0.2, 0) is 20.8 Å². The van der Waals surface area contributed by atoms with Gasteiger partial charge in [0, 0.05) is 0 Å². The Morgan fingerprint density at radius 1 is 1.17 bits per heavy atom. The summed E-state index contributed by atoms with van der Waals surface area (Å²) in [7, 11) is -5.01. The molecule has 1 unspecified atom stereocenters. The number of aromatic nitrogens is 2. The standard InChI is InChI=1S/C12H11F3N2O6S/c1-2-9(23-24(20,21)22)5-3-7-8(4-6(5)12(13,14)15)17-11(19)10(18)16-7/h3-4,9H,2H2,1H3,(H,16,18)(H,17,19)(H,20,21,22). The lowest BCUT2D eigenvalue weighted by Gasteiger charge is -2.20. The molecule has 24 heavy (non-hydrogen) atoms. The predicted molar refractivity (Wildman–Crippen MR) is 75.9 cm³/mol. The van der Waals surface area contributed by atoms with E-state index in [1.807, 2.05) is 4.98 Å². The number of hydrogen-bond donors (Lipinski definition) is 3. The van der Waals surface area contributed by atoms with E-state index >= 15 is 0 Å². The van der Waals surface area contributed by atoms with E-state index in [4.69, 9.17) is 4.55 Å². The number of H-pyrrole nitrogens is 2. The molecule has 2 aromatic rings. The van der Waals surface area contributed by atoms with Crippen LogP contribution in [0.5, 0.6) is 0 Å². The van der Waals surface area contributed by atoms with Gasteiger partial charge in [-0.25, -0.2) is 4.18 Å². The summed E-state index contributed by atoms with van der Waals surface area (Å²) in [4.78, 5) is 26.6. The molecule has 0 saturated carbocycles. The Morgan fingerprint density at radius 3 is 2.08 bits per heavy atom. The van der Waals surface area contributed by atoms with Crippen LogP contribution in [0.15, 0.2) is 21.7 Å². The second-order valence-electron chi connectivity index (χ2n) is 4.81. The fraction of sp³-hybridized carbons (Fsp3) is 0.333. The maximum Gasteiger partial charge on any atom is 0.416 e. The molecule has 12 heteroatoms. The van der Waals surface area contributed by atoms with Crippen LogP contribution in [0.4, 0.5) is 13.2 Å². The number of alkyl halides is 3. The molecular formula is C12H11F3N2O6S. The maximum absolute atomic E-state index is 13.3. The molecular weight excluding hydrogens is 357 g/mol. The van der Waals surface area contributed by atoms with Gasteiger partial charge in [0.15, 0.2) is 0 Å². The number of nitrogens with one attached hydrogen (secondary N) is 2. The average molecular weight is 368 g/mol. The SMILES string of the molecule is CCC(OS(=O)(=O)O)c1cc2[nH]c(=O)c(=O)[nH]c2cc1C(F)(F)F. The zero-order chi connectivity index (χ0) is 18.3. The second kappa shape index (κ2) is 6.03. The van der Waals surface area contributed by atoms with Crippen molar-refractivity contribution in [2.24, 2.45) is 0 Å². The first-order valence-electron chi connectivity index (χ1n) is 6.45. The third-order valence-corrected chi connectivity index (χ3v) is 3.63. The normalized spacial score (nSPS) is 14.0. The van der Waals surface area contributed by atoms with Gasteiger partial charge in [-0.1, -0.05) is 6.92 Å². The molecule has 0 fully saturated rings. The van der Waals surface area contributed by atoms with Crippen molar-refractivity contribution in [1.82, 2.24) is 9.97 Å². The fourth-order valence-electron chi connectivity index (χ4n) is 2.18. The maximum atomic E-state index is 13.3. The van der Waals surface area contributed by atoms with Crippen LogP contribution in [0.1, 0.15) is 30.6 Å². The molecule has 0 radical (unpaired) electrons. The molecule has 0 bridgehead atoms. The molecule has 0 aliphatic heterocycles. The minimum atomic E-state index is -5.01. The van der Waals surface area contributed by atoms with Crippen molar-refractivity contribution in [3.05, 3.63) is 44.0 Å². The highest BCUT2D eigenvalue weighted by Crippen LogP contribution is 2.38. The lowest BCUT2D eigenvalue weighted by atomic mass is 9.99. The van der Waals surface area contributed by atoms with Gasteiger partial charge in [-0.15, -0.1) is 0 Å². The smallest absolute Gasteiger partial charge is 0.316 e. The Hall–Kier alpha value is -2.18. The average Bonchev–Trinajstić information content (AvgIpc) is 2.43. The van der Waals surface area contributed by atoms with Gasteiger partial charge in [0.1, 0.15) is 6.10 Å². The molecule has 8 nitrogen and oxygen atoms in total. The van der Waals surface area contributed by atoms with E-state index in [2.05, 4.69) is 9.17 Å². The molecule has 1 aromatic heterocycles. The van der Waals surface area contributed by atoms with Crippen LogP contribution in [0.2, 0.25) is 0 Å². The number of fused-ring (bicyclic) bond motifs is 1. The van der Waals surface area contributed by atoms with Crippen molar-refractivity contribution < 1.29 is 30.3 Å². The van der Waals surface area contributed by atoms with Gasteiger partial charge in [-0.05, 0) is 24.1 Å². The summed E-state index contributed by atoms with van der Waals surface area (Å²) in [6.07, 6.45) is -6.76. The highest BCUT2D eigenvalue weighted by molar-refractivity contribution is 7.80. The van der Waals surface area contributed by atoms with E-state index in [0.29, 0.717) is 6.07 Å². The van der Waals surface area contributed by atoms with Crippen molar-refractivity contribution in [2.75, 3.05) is 0 Å². The number of benzene rings is 1. The monoisotopic (exact) mass is 368 g/mol. The Kier molecular flexibility index (Phi) is 4.57. The van der Waals surface area contributed by atoms with Crippen molar-refractivity contribution in [3.8, 4) is 0 Å². The first kappa shape index (κ1) is 18.2. The Morgan fingerprint density at radius 2 is 1.67 bits per heavy atom. The predicted octanol–water partition coefficient (Wildman–Crippen LogP) is 1.51. The minimum absolute atomic E-state index is 0.153. The van der Waals surface area contributed by atoms with Crippen LogP contribution in [0.3, 0.4) is 0 Å². The zero-order valence-corrected chi connectivity index (χ0v) is 12.8. The largest absolute Gasteiger partial charge is 0.416 e. The fourth-order valence-corrected chi connectivity index (χ4v) is 2.71. The van der Waals surface area contributed by atoms with Crippen molar-refractivity contribution in [2.45, 2.75) is 25.6 Å². The molecule has 0 saturated heterocycles. The highest BCUT2D eigenvalue weighted by atomic mass is 32.3. The van der Waals surface area contributed by atoms with Gasteiger partial charge in [-0.3, -0.25) is 14.1 Å². The number of rotatable bonds is 4. The molecule has 132 valence electrons. The van der Waals surface area contributed by atoms with Crippen LogP contribution in [0, 0.1) is 0 Å². The Bertz CT molecular complexity index is 992. The zero-order valence-electron chi connectivity index (χ0n) is 12.0. The first-order valence-corrected chi connectivity index (χ1v) is 7.82. The van der Waals surface area contributed by atoms with Crippen molar-refractivity contribution >= 4 is 21.4 Å². The van der Waals surface area contributed by atoms with E-state index < -0.39 is 44.9 Å².